The van der Waals surface area contributed by atoms with Crippen molar-refractivity contribution in [1.82, 2.24) is 14.6 Å². The van der Waals surface area contributed by atoms with E-state index in [2.05, 4.69) is 10.1 Å². The molecule has 0 saturated carbocycles. The number of methoxy groups -OCH3 is 2. The summed E-state index contributed by atoms with van der Waals surface area (Å²) in [7, 11) is 3.10. The third-order valence-corrected chi connectivity index (χ3v) is 7.15. The Kier molecular flexibility index (Phi) is 6.91. The van der Waals surface area contributed by atoms with Gasteiger partial charge in [-0.05, 0) is 41.2 Å². The Morgan fingerprint density at radius 2 is 1.76 bits per heavy atom. The summed E-state index contributed by atoms with van der Waals surface area (Å²) >= 11 is 1.31. The monoisotopic (exact) mass is 581 g/mol. The highest BCUT2D eigenvalue weighted by Crippen LogP contribution is 2.38. The average molecular weight is 582 g/mol. The molecule has 12 heteroatoms. The summed E-state index contributed by atoms with van der Waals surface area (Å²) in [4.78, 5) is 5.24. The number of imidazole rings is 1. The molecule has 6 rings (SSSR count). The van der Waals surface area contributed by atoms with Gasteiger partial charge in [0.25, 0.3) is 5.19 Å². The number of rotatable bonds is 9. The van der Waals surface area contributed by atoms with E-state index in [0.717, 1.165) is 17.0 Å². The number of aromatic nitrogens is 3. The molecule has 0 saturated heterocycles. The van der Waals surface area contributed by atoms with Gasteiger partial charge in [0.1, 0.15) is 41.7 Å². The molecule has 41 heavy (non-hydrogen) atoms. The van der Waals surface area contributed by atoms with Crippen LogP contribution in [0.15, 0.2) is 77.3 Å². The summed E-state index contributed by atoms with van der Waals surface area (Å²) in [5.41, 5.74) is 1.26. The Balaban J connectivity index is 1.21. The van der Waals surface area contributed by atoms with Gasteiger partial charge in [0, 0.05) is 17.7 Å². The van der Waals surface area contributed by atoms with Crippen LogP contribution in [0.4, 0.5) is 13.2 Å². The molecule has 0 fully saturated rings. The summed E-state index contributed by atoms with van der Waals surface area (Å²) in [6.45, 7) is -0.0502. The van der Waals surface area contributed by atoms with Gasteiger partial charge >= 0.3 is 6.18 Å². The number of fused-ring (bicyclic) bond motifs is 2. The van der Waals surface area contributed by atoms with E-state index in [4.69, 9.17) is 23.4 Å². The Labute approximate surface area is 235 Å². The smallest absolute Gasteiger partial charge is 0.416 e. The lowest BCUT2D eigenvalue weighted by Gasteiger charge is -2.14. The van der Waals surface area contributed by atoms with Crippen LogP contribution in [0.5, 0.6) is 22.4 Å². The molecule has 6 aromatic rings. The molecule has 0 unspecified atom stereocenters. The molecule has 0 amide bonds. The third kappa shape index (κ3) is 5.50. The van der Waals surface area contributed by atoms with E-state index >= 15 is 0 Å². The van der Waals surface area contributed by atoms with Crippen molar-refractivity contribution < 1.29 is 36.5 Å². The van der Waals surface area contributed by atoms with Crippen LogP contribution in [0.2, 0.25) is 0 Å². The molecule has 3 aromatic carbocycles. The Hall–Kier alpha value is -4.71. The van der Waals surface area contributed by atoms with Crippen molar-refractivity contribution in [2.24, 2.45) is 0 Å². The topological polar surface area (TPSA) is 80.2 Å². The molecular weight excluding hydrogens is 559 g/mol. The molecule has 0 atom stereocenters. The maximum Gasteiger partial charge on any atom is 0.416 e. The Bertz CT molecular complexity index is 1810. The van der Waals surface area contributed by atoms with Crippen molar-refractivity contribution >= 4 is 27.3 Å². The van der Waals surface area contributed by atoms with Crippen molar-refractivity contribution in [3.05, 3.63) is 89.6 Å². The molecule has 0 aliphatic rings. The van der Waals surface area contributed by atoms with Crippen LogP contribution < -0.4 is 18.9 Å². The number of hydrogen-bond donors (Lipinski definition) is 0. The predicted molar refractivity (Wildman–Crippen MR) is 146 cm³/mol. The highest BCUT2D eigenvalue weighted by molar-refractivity contribution is 7.18. The first-order valence-corrected chi connectivity index (χ1v) is 13.1. The fourth-order valence-corrected chi connectivity index (χ4v) is 5.00. The molecule has 0 aliphatic carbocycles. The maximum absolute atomic E-state index is 13.3. The second-order valence-electron chi connectivity index (χ2n) is 8.95. The lowest BCUT2D eigenvalue weighted by Crippen LogP contribution is -2.10. The van der Waals surface area contributed by atoms with Crippen molar-refractivity contribution in [2.45, 2.75) is 19.4 Å². The molecule has 210 valence electrons. The number of halogens is 3. The van der Waals surface area contributed by atoms with Crippen LogP contribution >= 0.6 is 11.3 Å². The van der Waals surface area contributed by atoms with Crippen LogP contribution in [0.1, 0.15) is 16.7 Å². The zero-order valence-electron chi connectivity index (χ0n) is 21.8. The van der Waals surface area contributed by atoms with Crippen molar-refractivity contribution in [1.29, 1.82) is 0 Å². The van der Waals surface area contributed by atoms with Crippen LogP contribution in [0, 0.1) is 0 Å². The molecular formula is C29H22F3N3O5S. The zero-order chi connectivity index (χ0) is 28.6. The zero-order valence-corrected chi connectivity index (χ0v) is 22.6. The first-order valence-electron chi connectivity index (χ1n) is 12.3. The molecule has 0 bridgehead atoms. The minimum absolute atomic E-state index is 0.0589. The van der Waals surface area contributed by atoms with E-state index in [9.17, 15) is 13.2 Å². The molecule has 3 aromatic heterocycles. The SMILES string of the molecule is COc1cc(OCc2cccc(OCc3ccccc3C(F)(F)F)c2)c2cc(-c3cn4nc(OC)sc4n3)oc2c1. The van der Waals surface area contributed by atoms with Crippen LogP contribution in [-0.2, 0) is 19.4 Å². The molecule has 0 radical (unpaired) electrons. The van der Waals surface area contributed by atoms with E-state index in [0.29, 0.717) is 44.4 Å². The lowest BCUT2D eigenvalue weighted by atomic mass is 10.1. The minimum Gasteiger partial charge on any atom is -0.496 e. The number of alkyl halides is 3. The molecule has 0 N–H and O–H groups in total. The largest absolute Gasteiger partial charge is 0.496 e. The van der Waals surface area contributed by atoms with E-state index < -0.39 is 11.7 Å². The highest BCUT2D eigenvalue weighted by Gasteiger charge is 2.33. The van der Waals surface area contributed by atoms with E-state index in [1.807, 2.05) is 12.1 Å². The molecule has 0 spiro atoms. The fraction of sp³-hybridized carbons (Fsp3) is 0.172. The maximum atomic E-state index is 13.3. The van der Waals surface area contributed by atoms with E-state index in [1.54, 1.807) is 61.3 Å². The number of benzene rings is 3. The highest BCUT2D eigenvalue weighted by atomic mass is 32.1. The van der Waals surface area contributed by atoms with Gasteiger partial charge in [0.05, 0.1) is 31.4 Å². The van der Waals surface area contributed by atoms with Gasteiger partial charge in [-0.1, -0.05) is 30.3 Å². The number of furan rings is 1. The summed E-state index contributed by atoms with van der Waals surface area (Å²) in [5.74, 6) is 2.03. The summed E-state index contributed by atoms with van der Waals surface area (Å²) in [6, 6.07) is 17.7. The Morgan fingerprint density at radius 1 is 0.902 bits per heavy atom. The van der Waals surface area contributed by atoms with E-state index in [-0.39, 0.29) is 18.8 Å². The van der Waals surface area contributed by atoms with Gasteiger partial charge in [-0.15, -0.1) is 5.10 Å². The molecule has 0 aliphatic heterocycles. The summed E-state index contributed by atoms with van der Waals surface area (Å²) in [5, 5.41) is 5.52. The van der Waals surface area contributed by atoms with Crippen LogP contribution in [0.25, 0.3) is 27.4 Å². The standard InChI is InChI=1S/C29H22F3N3O5S/c1-36-20-11-24(21-13-26(40-25(21)12-20)23-14-35-27(33-23)41-28(34-35)37-2)39-15-17-6-5-8-19(10-17)38-16-18-7-3-4-9-22(18)29(30,31)32/h3-14H,15-16H2,1-2H3. The second-order valence-corrected chi connectivity index (χ2v) is 9.87. The predicted octanol–water partition coefficient (Wildman–Crippen LogP) is 7.40. The van der Waals surface area contributed by atoms with Crippen LogP contribution in [0.3, 0.4) is 0 Å². The van der Waals surface area contributed by atoms with Gasteiger partial charge in [0.2, 0.25) is 4.96 Å². The third-order valence-electron chi connectivity index (χ3n) is 6.27. The fourth-order valence-electron chi connectivity index (χ4n) is 4.30. The van der Waals surface area contributed by atoms with Crippen LogP contribution in [-0.4, -0.2) is 28.8 Å². The van der Waals surface area contributed by atoms with Crippen molar-refractivity contribution in [3.63, 3.8) is 0 Å². The summed E-state index contributed by atoms with van der Waals surface area (Å²) < 4.78 is 70.1. The van der Waals surface area contributed by atoms with E-state index in [1.165, 1.54) is 23.5 Å². The van der Waals surface area contributed by atoms with Gasteiger partial charge < -0.3 is 23.4 Å². The van der Waals surface area contributed by atoms with Gasteiger partial charge in [-0.25, -0.2) is 9.50 Å². The first kappa shape index (κ1) is 26.5. The first-order chi connectivity index (χ1) is 19.8. The van der Waals surface area contributed by atoms with Gasteiger partial charge in [-0.3, -0.25) is 0 Å². The molecule has 8 nitrogen and oxygen atoms in total. The number of nitrogens with zero attached hydrogens (tertiary/aromatic N) is 3. The summed E-state index contributed by atoms with van der Waals surface area (Å²) in [6.07, 6.45) is -2.70. The van der Waals surface area contributed by atoms with Gasteiger partial charge in [-0.2, -0.15) is 13.2 Å². The number of ether oxygens (including phenoxy) is 4. The second kappa shape index (κ2) is 10.7. The number of hydrogen-bond acceptors (Lipinski definition) is 8. The average Bonchev–Trinajstić information content (AvgIpc) is 3.68. The Morgan fingerprint density at radius 3 is 2.54 bits per heavy atom. The normalized spacial score (nSPS) is 11.7. The quantitative estimate of drug-likeness (QED) is 0.176. The van der Waals surface area contributed by atoms with Crippen molar-refractivity contribution in [2.75, 3.05) is 14.2 Å². The minimum atomic E-state index is -4.46. The lowest BCUT2D eigenvalue weighted by molar-refractivity contribution is -0.138. The van der Waals surface area contributed by atoms with Crippen molar-refractivity contribution in [3.8, 4) is 33.9 Å². The molecule has 3 heterocycles. The van der Waals surface area contributed by atoms with Gasteiger partial charge in [0.15, 0.2) is 5.76 Å².